The first kappa shape index (κ1) is 13.2. The summed E-state index contributed by atoms with van der Waals surface area (Å²) in [7, 11) is 0. The monoisotopic (exact) mass is 356 g/mol. The SMILES string of the molecule is Cc1cc(C(=O)c2cc(Cl)cc3c2OCC3)sc1Br. The first-order valence-electron chi connectivity index (χ1n) is 5.82. The number of hydrogen-bond donors (Lipinski definition) is 0. The molecule has 1 aliphatic heterocycles. The Hall–Kier alpha value is -0.840. The van der Waals surface area contributed by atoms with Crippen molar-refractivity contribution < 1.29 is 9.53 Å². The molecule has 19 heavy (non-hydrogen) atoms. The number of ether oxygens (including phenoxy) is 1. The highest BCUT2D eigenvalue weighted by Crippen LogP contribution is 2.36. The molecule has 0 amide bonds. The van der Waals surface area contributed by atoms with Crippen LogP contribution in [0, 0.1) is 6.92 Å². The molecule has 0 unspecified atom stereocenters. The smallest absolute Gasteiger partial charge is 0.206 e. The third-order valence-electron chi connectivity index (χ3n) is 3.07. The zero-order valence-corrected chi connectivity index (χ0v) is 13.3. The van der Waals surface area contributed by atoms with E-state index in [1.807, 2.05) is 19.1 Å². The highest BCUT2D eigenvalue weighted by Gasteiger charge is 2.24. The number of thiophene rings is 1. The van der Waals surface area contributed by atoms with Crippen molar-refractivity contribution in [2.75, 3.05) is 6.61 Å². The predicted molar refractivity (Wildman–Crippen MR) is 80.8 cm³/mol. The Kier molecular flexibility index (Phi) is 3.41. The van der Waals surface area contributed by atoms with E-state index in [1.165, 1.54) is 11.3 Å². The number of rotatable bonds is 2. The van der Waals surface area contributed by atoms with E-state index >= 15 is 0 Å². The third kappa shape index (κ3) is 2.33. The molecule has 0 atom stereocenters. The van der Waals surface area contributed by atoms with E-state index in [0.29, 0.717) is 27.8 Å². The number of ketones is 1. The van der Waals surface area contributed by atoms with Gasteiger partial charge < -0.3 is 4.74 Å². The number of benzene rings is 1. The number of halogens is 2. The van der Waals surface area contributed by atoms with Crippen molar-refractivity contribution in [2.24, 2.45) is 0 Å². The molecule has 0 bridgehead atoms. The van der Waals surface area contributed by atoms with Crippen LogP contribution in [0.5, 0.6) is 5.75 Å². The summed E-state index contributed by atoms with van der Waals surface area (Å²) in [5, 5.41) is 0.583. The first-order chi connectivity index (χ1) is 9.06. The standard InChI is InChI=1S/C14H10BrClO2S/c1-7-4-11(19-14(7)15)12(17)10-6-9(16)5-8-2-3-18-13(8)10/h4-6H,2-3H2,1H3. The molecular formula is C14H10BrClO2S. The van der Waals surface area contributed by atoms with Crippen LogP contribution in [0.2, 0.25) is 5.02 Å². The molecule has 0 radical (unpaired) electrons. The Morgan fingerprint density at radius 3 is 2.89 bits per heavy atom. The zero-order chi connectivity index (χ0) is 13.6. The minimum Gasteiger partial charge on any atom is -0.492 e. The second-order valence-electron chi connectivity index (χ2n) is 4.44. The lowest BCUT2D eigenvalue weighted by atomic mass is 10.0. The van der Waals surface area contributed by atoms with Gasteiger partial charge in [0.15, 0.2) is 0 Å². The van der Waals surface area contributed by atoms with Crippen molar-refractivity contribution in [1.82, 2.24) is 0 Å². The van der Waals surface area contributed by atoms with Gasteiger partial charge in [0, 0.05) is 11.4 Å². The van der Waals surface area contributed by atoms with Crippen molar-refractivity contribution in [2.45, 2.75) is 13.3 Å². The van der Waals surface area contributed by atoms with E-state index in [9.17, 15) is 4.79 Å². The van der Waals surface area contributed by atoms with E-state index < -0.39 is 0 Å². The van der Waals surface area contributed by atoms with Crippen molar-refractivity contribution >= 4 is 44.7 Å². The molecule has 1 aromatic heterocycles. The van der Waals surface area contributed by atoms with Crippen LogP contribution in [-0.4, -0.2) is 12.4 Å². The van der Waals surface area contributed by atoms with Crippen molar-refractivity contribution in [3.63, 3.8) is 0 Å². The van der Waals surface area contributed by atoms with Crippen LogP contribution in [-0.2, 0) is 6.42 Å². The van der Waals surface area contributed by atoms with E-state index in [1.54, 1.807) is 6.07 Å². The Morgan fingerprint density at radius 2 is 2.21 bits per heavy atom. The number of carbonyl (C=O) groups excluding carboxylic acids is 1. The Labute approximate surface area is 128 Å². The van der Waals surface area contributed by atoms with Gasteiger partial charge in [0.05, 0.1) is 20.8 Å². The molecular weight excluding hydrogens is 348 g/mol. The van der Waals surface area contributed by atoms with Gasteiger partial charge in [0.25, 0.3) is 0 Å². The number of hydrogen-bond acceptors (Lipinski definition) is 3. The summed E-state index contributed by atoms with van der Waals surface area (Å²) in [6, 6.07) is 5.45. The minimum atomic E-state index is -0.0283. The van der Waals surface area contributed by atoms with Crippen LogP contribution in [0.1, 0.15) is 26.4 Å². The average molecular weight is 358 g/mol. The highest BCUT2D eigenvalue weighted by molar-refractivity contribution is 9.11. The number of aryl methyl sites for hydroxylation is 1. The summed E-state index contributed by atoms with van der Waals surface area (Å²) >= 11 is 11.0. The van der Waals surface area contributed by atoms with E-state index in [-0.39, 0.29) is 5.78 Å². The predicted octanol–water partition coefficient (Wildman–Crippen LogP) is 4.64. The van der Waals surface area contributed by atoms with Gasteiger partial charge in [-0.2, -0.15) is 0 Å². The summed E-state index contributed by atoms with van der Waals surface area (Å²) in [5.74, 6) is 0.663. The second kappa shape index (κ2) is 4.93. The largest absolute Gasteiger partial charge is 0.492 e. The molecule has 5 heteroatoms. The van der Waals surface area contributed by atoms with Gasteiger partial charge in [-0.1, -0.05) is 11.6 Å². The molecule has 0 spiro atoms. The van der Waals surface area contributed by atoms with Crippen LogP contribution in [0.15, 0.2) is 22.0 Å². The number of fused-ring (bicyclic) bond motifs is 1. The Balaban J connectivity index is 2.09. The maximum Gasteiger partial charge on any atom is 0.206 e. The van der Waals surface area contributed by atoms with Crippen molar-refractivity contribution in [1.29, 1.82) is 0 Å². The van der Waals surface area contributed by atoms with Crippen molar-refractivity contribution in [3.05, 3.63) is 48.6 Å². The quantitative estimate of drug-likeness (QED) is 0.732. The Morgan fingerprint density at radius 1 is 1.42 bits per heavy atom. The minimum absolute atomic E-state index is 0.0283. The topological polar surface area (TPSA) is 26.3 Å². The van der Waals surface area contributed by atoms with Gasteiger partial charge >= 0.3 is 0 Å². The maximum absolute atomic E-state index is 12.6. The Bertz CT molecular complexity index is 659. The van der Waals surface area contributed by atoms with Gasteiger partial charge in [-0.15, -0.1) is 11.3 Å². The fourth-order valence-corrected chi connectivity index (χ4v) is 3.87. The zero-order valence-electron chi connectivity index (χ0n) is 10.1. The molecule has 0 saturated heterocycles. The van der Waals surface area contributed by atoms with Gasteiger partial charge in [0.2, 0.25) is 5.78 Å². The number of carbonyl (C=O) groups is 1. The normalized spacial score (nSPS) is 13.2. The van der Waals surface area contributed by atoms with Crippen LogP contribution < -0.4 is 4.74 Å². The van der Waals surface area contributed by atoms with Gasteiger partial charge in [-0.25, -0.2) is 0 Å². The fraction of sp³-hybridized carbons (Fsp3) is 0.214. The van der Waals surface area contributed by atoms with Gasteiger partial charge in [-0.05, 0) is 52.2 Å². The average Bonchev–Trinajstić information content (AvgIpc) is 2.95. The molecule has 3 rings (SSSR count). The van der Waals surface area contributed by atoms with Crippen molar-refractivity contribution in [3.8, 4) is 5.75 Å². The molecule has 2 aromatic rings. The van der Waals surface area contributed by atoms with Gasteiger partial charge in [-0.3, -0.25) is 4.79 Å². The second-order valence-corrected chi connectivity index (χ2v) is 7.24. The molecule has 0 N–H and O–H groups in total. The summed E-state index contributed by atoms with van der Waals surface area (Å²) in [6.45, 7) is 2.58. The molecule has 2 nitrogen and oxygen atoms in total. The molecule has 0 saturated carbocycles. The molecule has 2 heterocycles. The van der Waals surface area contributed by atoms with Crippen LogP contribution in [0.3, 0.4) is 0 Å². The lowest BCUT2D eigenvalue weighted by Gasteiger charge is -2.06. The summed E-state index contributed by atoms with van der Waals surface area (Å²) < 4.78 is 6.56. The summed E-state index contributed by atoms with van der Waals surface area (Å²) in [4.78, 5) is 13.3. The molecule has 0 aliphatic carbocycles. The molecule has 0 fully saturated rings. The van der Waals surface area contributed by atoms with E-state index in [4.69, 9.17) is 16.3 Å². The lowest BCUT2D eigenvalue weighted by Crippen LogP contribution is -2.02. The molecule has 1 aliphatic rings. The van der Waals surface area contributed by atoms with Crippen LogP contribution in [0.4, 0.5) is 0 Å². The maximum atomic E-state index is 12.6. The van der Waals surface area contributed by atoms with Gasteiger partial charge in [0.1, 0.15) is 5.75 Å². The molecule has 1 aromatic carbocycles. The summed E-state index contributed by atoms with van der Waals surface area (Å²) in [5.41, 5.74) is 2.64. The fourth-order valence-electron chi connectivity index (χ4n) is 2.14. The highest BCUT2D eigenvalue weighted by atomic mass is 79.9. The molecule has 98 valence electrons. The van der Waals surface area contributed by atoms with E-state index in [2.05, 4.69) is 15.9 Å². The van der Waals surface area contributed by atoms with Crippen LogP contribution in [0.25, 0.3) is 0 Å². The van der Waals surface area contributed by atoms with E-state index in [0.717, 1.165) is 21.3 Å². The third-order valence-corrected chi connectivity index (χ3v) is 5.43. The first-order valence-corrected chi connectivity index (χ1v) is 7.81. The summed E-state index contributed by atoms with van der Waals surface area (Å²) in [6.07, 6.45) is 0.809. The van der Waals surface area contributed by atoms with Crippen LogP contribution >= 0.6 is 38.9 Å². The lowest BCUT2D eigenvalue weighted by molar-refractivity contribution is 0.103.